The van der Waals surface area contributed by atoms with Crippen LogP contribution in [0.2, 0.25) is 5.02 Å². The number of carbonyl (C=O) groups is 1. The number of H-pyrrole nitrogens is 1. The zero-order chi connectivity index (χ0) is 20.1. The van der Waals surface area contributed by atoms with E-state index in [1.807, 2.05) is 37.4 Å². The normalized spacial score (nSPS) is 13.4. The molecule has 0 unspecified atom stereocenters. The molecule has 2 aromatic carbocycles. The Kier molecular flexibility index (Phi) is 6.57. The molecule has 0 saturated carbocycles. The van der Waals surface area contributed by atoms with Gasteiger partial charge in [0, 0.05) is 29.2 Å². The topological polar surface area (TPSA) is 94.6 Å². The molecule has 1 aromatic heterocycles. The average Bonchev–Trinajstić information content (AvgIpc) is 3.07. The van der Waals surface area contributed by atoms with Gasteiger partial charge in [-0.2, -0.15) is 0 Å². The average molecular weight is 405 g/mol. The van der Waals surface area contributed by atoms with Crippen LogP contribution in [0.5, 0.6) is 5.75 Å². The summed E-state index contributed by atoms with van der Waals surface area (Å²) in [4.78, 5) is 13.9. The van der Waals surface area contributed by atoms with Crippen LogP contribution in [0.1, 0.15) is 24.2 Å². The number of fused-ring (bicyclic) bond motifs is 1. The van der Waals surface area contributed by atoms with Crippen LogP contribution in [0.4, 0.5) is 0 Å². The second-order valence-corrected chi connectivity index (χ2v) is 7.20. The van der Waals surface area contributed by atoms with Gasteiger partial charge in [0.25, 0.3) is 0 Å². The second-order valence-electron chi connectivity index (χ2n) is 6.76. The molecular weight excluding hydrogens is 382 g/mol. The smallest absolute Gasteiger partial charge is 0.341 e. The number of rotatable bonds is 9. The molecule has 0 radical (unpaired) electrons. The Balaban J connectivity index is 1.62. The molecule has 0 aliphatic heterocycles. The largest absolute Gasteiger partial charge is 0.480 e. The SMILES string of the molecule is C[C@H](Cc1c[nH]c2c(O[14CH2]C(=O)O)cccc12)NC[C@H](O)c1cccc(Cl)c1. The van der Waals surface area contributed by atoms with Gasteiger partial charge in [-0.15, -0.1) is 0 Å². The van der Waals surface area contributed by atoms with Crippen LogP contribution in [0, 0.1) is 0 Å². The summed E-state index contributed by atoms with van der Waals surface area (Å²) in [5, 5.41) is 24.1. The van der Waals surface area contributed by atoms with Crippen molar-refractivity contribution in [2.24, 2.45) is 0 Å². The fourth-order valence-corrected chi connectivity index (χ4v) is 3.36. The van der Waals surface area contributed by atoms with Gasteiger partial charge in [0.15, 0.2) is 6.61 Å². The van der Waals surface area contributed by atoms with E-state index < -0.39 is 12.1 Å². The molecule has 0 aliphatic rings. The molecule has 6 nitrogen and oxygen atoms in total. The van der Waals surface area contributed by atoms with Crippen molar-refractivity contribution in [1.29, 1.82) is 0 Å². The molecule has 0 aliphatic carbocycles. The molecule has 148 valence electrons. The summed E-state index contributed by atoms with van der Waals surface area (Å²) in [7, 11) is 0. The first-order chi connectivity index (χ1) is 13.4. The molecule has 3 aromatic rings. The Hall–Kier alpha value is -2.54. The highest BCUT2D eigenvalue weighted by Gasteiger charge is 2.14. The molecule has 0 amide bonds. The number of aromatic nitrogens is 1. The molecule has 0 fully saturated rings. The summed E-state index contributed by atoms with van der Waals surface area (Å²) >= 11 is 5.98. The number of hydrogen-bond acceptors (Lipinski definition) is 4. The monoisotopic (exact) mass is 404 g/mol. The first-order valence-electron chi connectivity index (χ1n) is 9.04. The third-order valence-corrected chi connectivity index (χ3v) is 4.77. The number of aliphatic hydroxyl groups excluding tert-OH is 1. The molecule has 0 saturated heterocycles. The van der Waals surface area contributed by atoms with Crippen molar-refractivity contribution in [2.75, 3.05) is 13.2 Å². The number of ether oxygens (including phenoxy) is 1. The van der Waals surface area contributed by atoms with Crippen molar-refractivity contribution in [3.63, 3.8) is 0 Å². The standard InChI is InChI=1S/C21H23ClN2O4/c1-13(23-11-18(25)14-4-2-5-16(22)9-14)8-15-10-24-21-17(15)6-3-7-19(21)28-12-20(26)27/h2-7,9-10,13,18,23-25H,8,11-12H2,1H3,(H,26,27)/t13-,18+/m1/s1/i12+2. The first kappa shape index (κ1) is 20.2. The number of aromatic amines is 1. The number of carboxylic acid groups (broad SMARTS) is 1. The molecule has 3 rings (SSSR count). The van der Waals surface area contributed by atoms with Crippen LogP contribution < -0.4 is 10.1 Å². The van der Waals surface area contributed by atoms with Gasteiger partial charge in [0.2, 0.25) is 0 Å². The zero-order valence-electron chi connectivity index (χ0n) is 15.5. The second kappa shape index (κ2) is 9.10. The predicted octanol–water partition coefficient (Wildman–Crippen LogP) is 3.54. The number of hydrogen-bond donors (Lipinski definition) is 4. The van der Waals surface area contributed by atoms with Crippen molar-refractivity contribution in [3.8, 4) is 5.75 Å². The van der Waals surface area contributed by atoms with E-state index in [0.29, 0.717) is 17.3 Å². The maximum absolute atomic E-state index is 10.7. The highest BCUT2D eigenvalue weighted by Crippen LogP contribution is 2.28. The van der Waals surface area contributed by atoms with E-state index in [4.69, 9.17) is 21.4 Å². The van der Waals surface area contributed by atoms with Gasteiger partial charge in [0.05, 0.1) is 11.6 Å². The quantitative estimate of drug-likeness (QED) is 0.437. The van der Waals surface area contributed by atoms with Gasteiger partial charge in [-0.1, -0.05) is 35.9 Å². The summed E-state index contributed by atoms with van der Waals surface area (Å²) in [6.45, 7) is 2.08. The van der Waals surface area contributed by atoms with Gasteiger partial charge < -0.3 is 25.3 Å². The maximum Gasteiger partial charge on any atom is 0.341 e. The highest BCUT2D eigenvalue weighted by atomic mass is 35.5. The van der Waals surface area contributed by atoms with Crippen LogP contribution in [-0.4, -0.2) is 40.4 Å². The van der Waals surface area contributed by atoms with Gasteiger partial charge in [0.1, 0.15) is 5.75 Å². The molecule has 4 N–H and O–H groups in total. The lowest BCUT2D eigenvalue weighted by molar-refractivity contribution is -0.139. The number of nitrogens with one attached hydrogen (secondary N) is 2. The van der Waals surface area contributed by atoms with Crippen LogP contribution in [0.3, 0.4) is 0 Å². The molecule has 0 bridgehead atoms. The van der Waals surface area contributed by atoms with E-state index in [2.05, 4.69) is 10.3 Å². The van der Waals surface area contributed by atoms with E-state index in [1.165, 1.54) is 0 Å². The Bertz CT molecular complexity index is 956. The van der Waals surface area contributed by atoms with Gasteiger partial charge in [-0.05, 0) is 42.7 Å². The molecule has 7 heteroatoms. The Morgan fingerprint density at radius 3 is 2.86 bits per heavy atom. The molecule has 1 heterocycles. The number of para-hydroxylation sites is 1. The minimum absolute atomic E-state index is 0.122. The van der Waals surface area contributed by atoms with E-state index in [9.17, 15) is 9.90 Å². The highest BCUT2D eigenvalue weighted by molar-refractivity contribution is 6.30. The number of carboxylic acids is 1. The summed E-state index contributed by atoms with van der Waals surface area (Å²) in [5.41, 5.74) is 2.65. The van der Waals surface area contributed by atoms with Crippen molar-refractivity contribution < 1.29 is 19.7 Å². The van der Waals surface area contributed by atoms with Gasteiger partial charge in [-0.3, -0.25) is 0 Å². The van der Waals surface area contributed by atoms with Crippen molar-refractivity contribution in [3.05, 3.63) is 64.8 Å². The van der Waals surface area contributed by atoms with Crippen molar-refractivity contribution in [2.45, 2.75) is 25.5 Å². The Labute approximate surface area is 168 Å². The van der Waals surface area contributed by atoms with E-state index >= 15 is 0 Å². The minimum atomic E-state index is -1.01. The van der Waals surface area contributed by atoms with Crippen molar-refractivity contribution >= 4 is 28.5 Å². The lowest BCUT2D eigenvalue weighted by Crippen LogP contribution is -2.32. The molecule has 0 spiro atoms. The summed E-state index contributed by atoms with van der Waals surface area (Å²) in [5.74, 6) is -0.497. The fourth-order valence-electron chi connectivity index (χ4n) is 3.16. The number of aliphatic hydroxyl groups is 1. The Morgan fingerprint density at radius 1 is 1.32 bits per heavy atom. The summed E-state index contributed by atoms with van der Waals surface area (Å²) in [6, 6.07) is 12.9. The lowest BCUT2D eigenvalue weighted by atomic mass is 10.0. The summed E-state index contributed by atoms with van der Waals surface area (Å²) in [6.07, 6.45) is 2.01. The van der Waals surface area contributed by atoms with E-state index in [1.54, 1.807) is 18.2 Å². The molecular formula is C21H23ClN2O4. The molecule has 28 heavy (non-hydrogen) atoms. The summed E-state index contributed by atoms with van der Waals surface area (Å²) < 4.78 is 5.35. The maximum atomic E-state index is 10.7. The third kappa shape index (κ3) is 5.04. The van der Waals surface area contributed by atoms with Gasteiger partial charge >= 0.3 is 5.97 Å². The van der Waals surface area contributed by atoms with Gasteiger partial charge in [-0.25, -0.2) is 4.79 Å². The van der Waals surface area contributed by atoms with Crippen molar-refractivity contribution in [1.82, 2.24) is 10.3 Å². The van der Waals surface area contributed by atoms with Crippen LogP contribution in [0.15, 0.2) is 48.7 Å². The van der Waals surface area contributed by atoms with Crippen LogP contribution >= 0.6 is 11.6 Å². The van der Waals surface area contributed by atoms with E-state index in [0.717, 1.165) is 28.5 Å². The first-order valence-corrected chi connectivity index (χ1v) is 9.42. The minimum Gasteiger partial charge on any atom is -0.480 e. The van der Waals surface area contributed by atoms with Crippen LogP contribution in [-0.2, 0) is 11.2 Å². The zero-order valence-corrected chi connectivity index (χ0v) is 16.2. The third-order valence-electron chi connectivity index (χ3n) is 4.53. The fraction of sp³-hybridized carbons (Fsp3) is 0.286. The number of halogens is 1. The number of aliphatic carboxylic acids is 1. The predicted molar refractivity (Wildman–Crippen MR) is 109 cm³/mol. The molecule has 2 atom stereocenters. The van der Waals surface area contributed by atoms with E-state index in [-0.39, 0.29) is 12.6 Å². The van der Waals surface area contributed by atoms with Crippen LogP contribution in [0.25, 0.3) is 10.9 Å². The lowest BCUT2D eigenvalue weighted by Gasteiger charge is -2.17. The Morgan fingerprint density at radius 2 is 2.11 bits per heavy atom. The number of benzene rings is 2.